The first-order valence-corrected chi connectivity index (χ1v) is 7.76. The molecule has 1 aromatic carbocycles. The van der Waals surface area contributed by atoms with Gasteiger partial charge in [0.1, 0.15) is 11.9 Å². The van der Waals surface area contributed by atoms with Gasteiger partial charge in [-0.05, 0) is 37.1 Å². The standard InChI is InChI=1S/C17H17N5O2/c18-10-12-4-1-2-6-14(12)20-17(23)15-7-8-16(22-21-15)19-11-13-5-3-9-24-13/h1-2,4,6-8,13H,3,5,9,11H2,(H,19,22)(H,20,23). The average molecular weight is 323 g/mol. The van der Waals surface area contributed by atoms with Crippen molar-refractivity contribution in [3.05, 3.63) is 47.7 Å². The first kappa shape index (κ1) is 15.9. The summed E-state index contributed by atoms with van der Waals surface area (Å²) in [7, 11) is 0. The second-order valence-electron chi connectivity index (χ2n) is 5.43. The van der Waals surface area contributed by atoms with Gasteiger partial charge in [0.25, 0.3) is 5.91 Å². The highest BCUT2D eigenvalue weighted by atomic mass is 16.5. The lowest BCUT2D eigenvalue weighted by molar-refractivity contribution is 0.102. The molecule has 1 aliphatic heterocycles. The van der Waals surface area contributed by atoms with Crippen molar-refractivity contribution in [3.8, 4) is 6.07 Å². The summed E-state index contributed by atoms with van der Waals surface area (Å²) in [5.41, 5.74) is 1.03. The fourth-order valence-electron chi connectivity index (χ4n) is 2.45. The van der Waals surface area contributed by atoms with Crippen molar-refractivity contribution < 1.29 is 9.53 Å². The summed E-state index contributed by atoms with van der Waals surface area (Å²) in [5.74, 6) is 0.190. The van der Waals surface area contributed by atoms with Crippen molar-refractivity contribution in [2.75, 3.05) is 23.8 Å². The van der Waals surface area contributed by atoms with E-state index in [0.29, 0.717) is 23.6 Å². The molecule has 1 aliphatic rings. The van der Waals surface area contributed by atoms with Gasteiger partial charge in [0, 0.05) is 13.2 Å². The highest BCUT2D eigenvalue weighted by molar-refractivity contribution is 6.03. The molecule has 1 fully saturated rings. The largest absolute Gasteiger partial charge is 0.376 e. The zero-order valence-corrected chi connectivity index (χ0v) is 13.0. The molecule has 1 unspecified atom stereocenters. The Morgan fingerprint density at radius 2 is 2.17 bits per heavy atom. The summed E-state index contributed by atoms with van der Waals surface area (Å²) in [6.45, 7) is 1.48. The second kappa shape index (κ2) is 7.53. The predicted octanol–water partition coefficient (Wildman–Crippen LogP) is 2.19. The van der Waals surface area contributed by atoms with Crippen LogP contribution >= 0.6 is 0 Å². The third-order valence-electron chi connectivity index (χ3n) is 3.73. The molecule has 0 aliphatic carbocycles. The third-order valence-corrected chi connectivity index (χ3v) is 3.73. The number of benzene rings is 1. The van der Waals surface area contributed by atoms with E-state index in [-0.39, 0.29) is 11.8 Å². The quantitative estimate of drug-likeness (QED) is 0.875. The fourth-order valence-corrected chi connectivity index (χ4v) is 2.45. The molecule has 0 bridgehead atoms. The Hall–Kier alpha value is -2.98. The van der Waals surface area contributed by atoms with Crippen molar-refractivity contribution in [1.82, 2.24) is 10.2 Å². The lowest BCUT2D eigenvalue weighted by atomic mass is 10.2. The Kier molecular flexibility index (Phi) is 4.99. The van der Waals surface area contributed by atoms with Crippen molar-refractivity contribution in [1.29, 1.82) is 5.26 Å². The Balaban J connectivity index is 1.60. The summed E-state index contributed by atoms with van der Waals surface area (Å²) < 4.78 is 5.52. The van der Waals surface area contributed by atoms with Crippen molar-refractivity contribution in [2.24, 2.45) is 0 Å². The number of amides is 1. The topological polar surface area (TPSA) is 99.9 Å². The number of aromatic nitrogens is 2. The monoisotopic (exact) mass is 323 g/mol. The summed E-state index contributed by atoms with van der Waals surface area (Å²) in [6.07, 6.45) is 2.33. The number of nitrogens with zero attached hydrogens (tertiary/aromatic N) is 3. The number of carbonyl (C=O) groups is 1. The second-order valence-corrected chi connectivity index (χ2v) is 5.43. The number of nitriles is 1. The Labute approximate surface area is 139 Å². The smallest absolute Gasteiger partial charge is 0.276 e. The van der Waals surface area contributed by atoms with E-state index < -0.39 is 5.91 Å². The molecule has 7 heteroatoms. The lowest BCUT2D eigenvalue weighted by Gasteiger charge is -2.11. The van der Waals surface area contributed by atoms with Gasteiger partial charge in [-0.1, -0.05) is 12.1 Å². The number of hydrogen-bond acceptors (Lipinski definition) is 6. The van der Waals surface area contributed by atoms with E-state index in [1.807, 2.05) is 6.07 Å². The predicted molar refractivity (Wildman–Crippen MR) is 88.6 cm³/mol. The molecule has 3 rings (SSSR count). The van der Waals surface area contributed by atoms with Gasteiger partial charge in [-0.3, -0.25) is 4.79 Å². The van der Waals surface area contributed by atoms with Crippen LogP contribution in [0.5, 0.6) is 0 Å². The molecule has 2 heterocycles. The Morgan fingerprint density at radius 3 is 2.88 bits per heavy atom. The molecule has 1 atom stereocenters. The molecule has 0 saturated carbocycles. The van der Waals surface area contributed by atoms with Crippen molar-refractivity contribution in [2.45, 2.75) is 18.9 Å². The van der Waals surface area contributed by atoms with Gasteiger partial charge < -0.3 is 15.4 Å². The Bertz CT molecular complexity index is 748. The van der Waals surface area contributed by atoms with E-state index in [0.717, 1.165) is 19.4 Å². The maximum atomic E-state index is 12.2. The van der Waals surface area contributed by atoms with Crippen LogP contribution in [0.4, 0.5) is 11.5 Å². The van der Waals surface area contributed by atoms with Crippen LogP contribution in [0.2, 0.25) is 0 Å². The molecule has 122 valence electrons. The minimum Gasteiger partial charge on any atom is -0.376 e. The van der Waals surface area contributed by atoms with E-state index in [1.165, 1.54) is 0 Å². The maximum absolute atomic E-state index is 12.2. The summed E-state index contributed by atoms with van der Waals surface area (Å²) in [6, 6.07) is 12.1. The fraction of sp³-hybridized carbons (Fsp3) is 0.294. The minimum atomic E-state index is -0.407. The first-order valence-electron chi connectivity index (χ1n) is 7.76. The van der Waals surface area contributed by atoms with Crippen LogP contribution in [-0.4, -0.2) is 35.4 Å². The van der Waals surface area contributed by atoms with Crippen LogP contribution < -0.4 is 10.6 Å². The molecule has 7 nitrogen and oxygen atoms in total. The molecule has 2 aromatic rings. The van der Waals surface area contributed by atoms with E-state index in [2.05, 4.69) is 20.8 Å². The van der Waals surface area contributed by atoms with Crippen molar-refractivity contribution in [3.63, 3.8) is 0 Å². The van der Waals surface area contributed by atoms with Crippen LogP contribution in [0, 0.1) is 11.3 Å². The minimum absolute atomic E-state index is 0.186. The molecule has 1 aromatic heterocycles. The van der Waals surface area contributed by atoms with Crippen molar-refractivity contribution >= 4 is 17.4 Å². The first-order chi connectivity index (χ1) is 11.8. The average Bonchev–Trinajstić information content (AvgIpc) is 3.14. The number of anilines is 2. The van der Waals surface area contributed by atoms with Crippen LogP contribution in [0.3, 0.4) is 0 Å². The molecule has 2 N–H and O–H groups in total. The molecule has 1 amide bonds. The number of para-hydroxylation sites is 1. The molecule has 1 saturated heterocycles. The van der Waals surface area contributed by atoms with Crippen LogP contribution in [0.1, 0.15) is 28.9 Å². The highest BCUT2D eigenvalue weighted by Gasteiger charge is 2.15. The lowest BCUT2D eigenvalue weighted by Crippen LogP contribution is -2.20. The molecular formula is C17H17N5O2. The van der Waals surface area contributed by atoms with E-state index in [4.69, 9.17) is 10.00 Å². The van der Waals surface area contributed by atoms with E-state index >= 15 is 0 Å². The SMILES string of the molecule is N#Cc1ccccc1NC(=O)c1ccc(NCC2CCCO2)nn1. The highest BCUT2D eigenvalue weighted by Crippen LogP contribution is 2.15. The van der Waals surface area contributed by atoms with E-state index in [9.17, 15) is 4.79 Å². The zero-order chi connectivity index (χ0) is 16.8. The van der Waals surface area contributed by atoms with Gasteiger partial charge in [-0.2, -0.15) is 5.26 Å². The normalized spacial score (nSPS) is 16.4. The summed E-state index contributed by atoms with van der Waals surface area (Å²) in [4.78, 5) is 12.2. The van der Waals surface area contributed by atoms with Gasteiger partial charge in [0.15, 0.2) is 5.69 Å². The Morgan fingerprint density at radius 1 is 1.29 bits per heavy atom. The number of hydrogen-bond donors (Lipinski definition) is 2. The van der Waals surface area contributed by atoms with Gasteiger partial charge >= 0.3 is 0 Å². The van der Waals surface area contributed by atoms with Gasteiger partial charge in [-0.25, -0.2) is 0 Å². The number of carbonyl (C=O) groups excluding carboxylic acids is 1. The maximum Gasteiger partial charge on any atom is 0.276 e. The van der Waals surface area contributed by atoms with Crippen LogP contribution in [0.25, 0.3) is 0 Å². The molecule has 0 spiro atoms. The zero-order valence-electron chi connectivity index (χ0n) is 13.0. The van der Waals surface area contributed by atoms with Gasteiger partial charge in [0.2, 0.25) is 0 Å². The number of ether oxygens (including phenoxy) is 1. The van der Waals surface area contributed by atoms with Gasteiger partial charge in [-0.15, -0.1) is 10.2 Å². The van der Waals surface area contributed by atoms with Crippen LogP contribution in [0.15, 0.2) is 36.4 Å². The van der Waals surface area contributed by atoms with Crippen LogP contribution in [-0.2, 0) is 4.74 Å². The summed E-state index contributed by atoms with van der Waals surface area (Å²) >= 11 is 0. The van der Waals surface area contributed by atoms with Gasteiger partial charge in [0.05, 0.1) is 17.4 Å². The van der Waals surface area contributed by atoms with E-state index in [1.54, 1.807) is 36.4 Å². The summed E-state index contributed by atoms with van der Waals surface area (Å²) in [5, 5.41) is 22.8. The third kappa shape index (κ3) is 3.86. The number of nitrogens with one attached hydrogen (secondary N) is 2. The molecular weight excluding hydrogens is 306 g/mol. The number of rotatable bonds is 5. The molecule has 0 radical (unpaired) electrons. The molecule has 24 heavy (non-hydrogen) atoms.